The van der Waals surface area contributed by atoms with Gasteiger partial charge in [-0.25, -0.2) is 4.39 Å². The van der Waals surface area contributed by atoms with Crippen LogP contribution in [-0.2, 0) is 6.42 Å². The monoisotopic (exact) mass is 351 g/mol. The second-order valence-electron chi connectivity index (χ2n) is 4.46. The Labute approximate surface area is 131 Å². The molecule has 0 saturated carbocycles. The molecule has 3 nitrogen and oxygen atoms in total. The Hall–Kier alpha value is -1.88. The molecular formula is C16H15BrFNO2. The first kappa shape index (κ1) is 15.5. The van der Waals surface area contributed by atoms with Crippen LogP contribution in [0.4, 0.5) is 4.39 Å². The van der Waals surface area contributed by atoms with Gasteiger partial charge in [0.2, 0.25) is 0 Å². The largest absolute Gasteiger partial charge is 0.497 e. The fourth-order valence-corrected chi connectivity index (χ4v) is 2.37. The van der Waals surface area contributed by atoms with E-state index in [2.05, 4.69) is 21.2 Å². The zero-order chi connectivity index (χ0) is 15.2. The average molecular weight is 352 g/mol. The topological polar surface area (TPSA) is 38.3 Å². The van der Waals surface area contributed by atoms with E-state index in [1.165, 1.54) is 12.1 Å². The molecule has 5 heteroatoms. The Morgan fingerprint density at radius 3 is 2.81 bits per heavy atom. The van der Waals surface area contributed by atoms with Crippen LogP contribution in [0.3, 0.4) is 0 Å². The summed E-state index contributed by atoms with van der Waals surface area (Å²) in [5.41, 5.74) is 1.36. The van der Waals surface area contributed by atoms with Gasteiger partial charge in [-0.1, -0.05) is 18.2 Å². The highest BCUT2D eigenvalue weighted by atomic mass is 79.9. The number of hydrogen-bond donors (Lipinski definition) is 1. The van der Waals surface area contributed by atoms with Crippen molar-refractivity contribution in [1.29, 1.82) is 0 Å². The molecule has 0 spiro atoms. The minimum absolute atomic E-state index is 0.184. The van der Waals surface area contributed by atoms with Crippen molar-refractivity contribution in [3.63, 3.8) is 0 Å². The molecule has 0 saturated heterocycles. The first-order valence-corrected chi connectivity index (χ1v) is 7.26. The Bertz CT molecular complexity index is 646. The number of methoxy groups -OCH3 is 1. The van der Waals surface area contributed by atoms with Gasteiger partial charge in [0.05, 0.1) is 17.1 Å². The van der Waals surface area contributed by atoms with Gasteiger partial charge in [0.25, 0.3) is 5.91 Å². The maximum Gasteiger partial charge on any atom is 0.252 e. The van der Waals surface area contributed by atoms with Gasteiger partial charge in [0, 0.05) is 6.54 Å². The molecule has 0 fully saturated rings. The molecule has 0 radical (unpaired) electrons. The van der Waals surface area contributed by atoms with Crippen molar-refractivity contribution in [1.82, 2.24) is 5.32 Å². The summed E-state index contributed by atoms with van der Waals surface area (Å²) >= 11 is 3.08. The molecular weight excluding hydrogens is 337 g/mol. The minimum atomic E-state index is -0.449. The summed E-state index contributed by atoms with van der Waals surface area (Å²) in [7, 11) is 1.61. The molecule has 110 valence electrons. The quantitative estimate of drug-likeness (QED) is 0.894. The summed E-state index contributed by atoms with van der Waals surface area (Å²) in [6, 6.07) is 12.0. The van der Waals surface area contributed by atoms with E-state index in [4.69, 9.17) is 4.74 Å². The third kappa shape index (κ3) is 4.04. The number of rotatable bonds is 5. The molecule has 0 heterocycles. The lowest BCUT2D eigenvalue weighted by Crippen LogP contribution is -2.26. The third-order valence-electron chi connectivity index (χ3n) is 3.03. The molecule has 0 bridgehead atoms. The summed E-state index contributed by atoms with van der Waals surface area (Å²) in [5, 5.41) is 2.78. The molecule has 2 aromatic rings. The van der Waals surface area contributed by atoms with Gasteiger partial charge in [-0.05, 0) is 52.2 Å². The zero-order valence-corrected chi connectivity index (χ0v) is 13.1. The van der Waals surface area contributed by atoms with E-state index in [0.717, 1.165) is 11.3 Å². The van der Waals surface area contributed by atoms with E-state index in [1.54, 1.807) is 13.2 Å². The maximum absolute atomic E-state index is 13.4. The summed E-state index contributed by atoms with van der Waals surface area (Å²) < 4.78 is 18.7. The van der Waals surface area contributed by atoms with Crippen LogP contribution in [0.15, 0.2) is 46.9 Å². The van der Waals surface area contributed by atoms with Crippen molar-refractivity contribution in [3.8, 4) is 5.75 Å². The van der Waals surface area contributed by atoms with E-state index in [0.29, 0.717) is 18.5 Å². The normalized spacial score (nSPS) is 10.2. The van der Waals surface area contributed by atoms with Crippen LogP contribution < -0.4 is 10.1 Å². The molecule has 0 aliphatic rings. The van der Waals surface area contributed by atoms with Gasteiger partial charge in [-0.15, -0.1) is 0 Å². The van der Waals surface area contributed by atoms with Gasteiger partial charge < -0.3 is 10.1 Å². The number of ether oxygens (including phenoxy) is 1. The Morgan fingerprint density at radius 2 is 2.05 bits per heavy atom. The lowest BCUT2D eigenvalue weighted by Gasteiger charge is -2.08. The highest BCUT2D eigenvalue weighted by Crippen LogP contribution is 2.20. The van der Waals surface area contributed by atoms with Gasteiger partial charge in [0.15, 0.2) is 0 Å². The first-order valence-electron chi connectivity index (χ1n) is 6.47. The van der Waals surface area contributed by atoms with Crippen molar-refractivity contribution < 1.29 is 13.9 Å². The Morgan fingerprint density at radius 1 is 1.29 bits per heavy atom. The lowest BCUT2D eigenvalue weighted by atomic mass is 10.1. The SMILES string of the molecule is COc1cccc(CCNC(=O)c2cccc(F)c2Br)c1. The number of carbonyl (C=O) groups excluding carboxylic acids is 1. The molecule has 2 rings (SSSR count). The molecule has 1 amide bonds. The van der Waals surface area contributed by atoms with Crippen LogP contribution in [0.2, 0.25) is 0 Å². The van der Waals surface area contributed by atoms with Gasteiger partial charge in [0.1, 0.15) is 11.6 Å². The number of amides is 1. The second-order valence-corrected chi connectivity index (χ2v) is 5.25. The predicted molar refractivity (Wildman–Crippen MR) is 83.1 cm³/mol. The van der Waals surface area contributed by atoms with Gasteiger partial charge >= 0.3 is 0 Å². The lowest BCUT2D eigenvalue weighted by molar-refractivity contribution is 0.0953. The zero-order valence-electron chi connectivity index (χ0n) is 11.5. The summed E-state index contributed by atoms with van der Waals surface area (Å²) in [6.45, 7) is 0.467. The van der Waals surface area contributed by atoms with Crippen LogP contribution in [-0.4, -0.2) is 19.6 Å². The van der Waals surface area contributed by atoms with Crippen LogP contribution in [0, 0.1) is 5.82 Å². The number of nitrogens with one attached hydrogen (secondary N) is 1. The minimum Gasteiger partial charge on any atom is -0.497 e. The fraction of sp³-hybridized carbons (Fsp3) is 0.188. The molecule has 21 heavy (non-hydrogen) atoms. The van der Waals surface area contributed by atoms with Gasteiger partial charge in [-0.3, -0.25) is 4.79 Å². The average Bonchev–Trinajstić information content (AvgIpc) is 2.50. The smallest absolute Gasteiger partial charge is 0.252 e. The molecule has 1 N–H and O–H groups in total. The van der Waals surface area contributed by atoms with Crippen LogP contribution >= 0.6 is 15.9 Å². The van der Waals surface area contributed by atoms with E-state index in [-0.39, 0.29) is 10.4 Å². The molecule has 2 aromatic carbocycles. The molecule has 0 atom stereocenters. The van der Waals surface area contributed by atoms with E-state index in [9.17, 15) is 9.18 Å². The highest BCUT2D eigenvalue weighted by Gasteiger charge is 2.12. The van der Waals surface area contributed by atoms with Crippen LogP contribution in [0.5, 0.6) is 5.75 Å². The second kappa shape index (κ2) is 7.22. The van der Waals surface area contributed by atoms with Crippen molar-refractivity contribution >= 4 is 21.8 Å². The number of hydrogen-bond acceptors (Lipinski definition) is 2. The van der Waals surface area contributed by atoms with Crippen LogP contribution in [0.1, 0.15) is 15.9 Å². The predicted octanol–water partition coefficient (Wildman–Crippen LogP) is 3.57. The molecule has 0 aliphatic carbocycles. The van der Waals surface area contributed by atoms with E-state index < -0.39 is 5.82 Å². The highest BCUT2D eigenvalue weighted by molar-refractivity contribution is 9.10. The summed E-state index contributed by atoms with van der Waals surface area (Å²) in [4.78, 5) is 12.0. The first-order chi connectivity index (χ1) is 10.1. The molecule has 0 aliphatic heterocycles. The Kier molecular flexibility index (Phi) is 5.33. The van der Waals surface area contributed by atoms with E-state index >= 15 is 0 Å². The molecule has 0 unspecified atom stereocenters. The van der Waals surface area contributed by atoms with Crippen molar-refractivity contribution in [3.05, 3.63) is 63.9 Å². The van der Waals surface area contributed by atoms with Crippen LogP contribution in [0.25, 0.3) is 0 Å². The standard InChI is InChI=1S/C16H15BrFNO2/c1-21-12-5-2-4-11(10-12)8-9-19-16(20)13-6-3-7-14(18)15(13)17/h2-7,10H,8-9H2,1H3,(H,19,20). The van der Waals surface area contributed by atoms with Crippen molar-refractivity contribution in [2.75, 3.05) is 13.7 Å². The maximum atomic E-state index is 13.4. The van der Waals surface area contributed by atoms with Crippen molar-refractivity contribution in [2.24, 2.45) is 0 Å². The third-order valence-corrected chi connectivity index (χ3v) is 3.84. The summed E-state index contributed by atoms with van der Waals surface area (Å²) in [5.74, 6) is 0.0337. The number of benzene rings is 2. The fourth-order valence-electron chi connectivity index (χ4n) is 1.92. The number of carbonyl (C=O) groups is 1. The number of halogens is 2. The molecule has 0 aromatic heterocycles. The van der Waals surface area contributed by atoms with Crippen molar-refractivity contribution in [2.45, 2.75) is 6.42 Å². The van der Waals surface area contributed by atoms with Gasteiger partial charge in [-0.2, -0.15) is 0 Å². The Balaban J connectivity index is 1.94. The van der Waals surface area contributed by atoms with E-state index in [1.807, 2.05) is 24.3 Å². The summed E-state index contributed by atoms with van der Waals surface area (Å²) in [6.07, 6.45) is 0.676.